The van der Waals surface area contributed by atoms with Crippen molar-refractivity contribution in [2.75, 3.05) is 0 Å². The van der Waals surface area contributed by atoms with Crippen LogP contribution >= 0.6 is 0 Å². The number of rotatable bonds is 5. The van der Waals surface area contributed by atoms with Crippen molar-refractivity contribution in [3.8, 4) is 0 Å². The van der Waals surface area contributed by atoms with Crippen molar-refractivity contribution >= 4 is 5.97 Å². The highest BCUT2D eigenvalue weighted by molar-refractivity contribution is 5.73. The molecule has 16 heavy (non-hydrogen) atoms. The van der Waals surface area contributed by atoms with E-state index in [1.807, 2.05) is 38.1 Å². The molecule has 0 aliphatic rings. The fourth-order valence-electron chi connectivity index (χ4n) is 1.70. The summed E-state index contributed by atoms with van der Waals surface area (Å²) in [7, 11) is 0. The van der Waals surface area contributed by atoms with Crippen LogP contribution in [0.3, 0.4) is 0 Å². The molecule has 0 saturated carbocycles. The second kappa shape index (κ2) is 6.31. The predicted octanol–water partition coefficient (Wildman–Crippen LogP) is 3.27. The summed E-state index contributed by atoms with van der Waals surface area (Å²) in [5.41, 5.74) is 2.19. The lowest BCUT2D eigenvalue weighted by atomic mass is 10.1. The molecule has 2 nitrogen and oxygen atoms in total. The fraction of sp³-hybridized carbons (Fsp3) is 0.500. The second-order valence-corrected chi connectivity index (χ2v) is 4.19. The molecule has 0 spiro atoms. The van der Waals surface area contributed by atoms with Gasteiger partial charge in [0, 0.05) is 0 Å². The van der Waals surface area contributed by atoms with Gasteiger partial charge in [-0.2, -0.15) is 0 Å². The third-order valence-electron chi connectivity index (χ3n) is 2.62. The summed E-state index contributed by atoms with van der Waals surface area (Å²) in [6, 6.07) is 7.91. The molecule has 0 saturated heterocycles. The van der Waals surface area contributed by atoms with Gasteiger partial charge in [0.1, 0.15) is 0 Å². The molecular formula is C14H20O2. The molecule has 88 valence electrons. The summed E-state index contributed by atoms with van der Waals surface area (Å²) >= 11 is 0. The van der Waals surface area contributed by atoms with E-state index in [0.29, 0.717) is 6.42 Å². The maximum Gasteiger partial charge on any atom is 0.310 e. The lowest BCUT2D eigenvalue weighted by Crippen LogP contribution is -2.16. The number of benzene rings is 1. The van der Waals surface area contributed by atoms with Crippen LogP contribution in [0.15, 0.2) is 24.3 Å². The molecule has 1 rings (SSSR count). The van der Waals surface area contributed by atoms with Crippen LogP contribution in [-0.2, 0) is 16.0 Å². The summed E-state index contributed by atoms with van der Waals surface area (Å²) in [5.74, 6) is -0.129. The Morgan fingerprint density at radius 2 is 2.06 bits per heavy atom. The first-order valence-electron chi connectivity index (χ1n) is 5.87. The Morgan fingerprint density at radius 3 is 2.69 bits per heavy atom. The topological polar surface area (TPSA) is 26.3 Å². The third-order valence-corrected chi connectivity index (χ3v) is 2.62. The van der Waals surface area contributed by atoms with Crippen molar-refractivity contribution < 1.29 is 9.53 Å². The van der Waals surface area contributed by atoms with Gasteiger partial charge in [0.2, 0.25) is 0 Å². The number of hydrogen-bond acceptors (Lipinski definition) is 2. The Labute approximate surface area is 97.6 Å². The van der Waals surface area contributed by atoms with Crippen molar-refractivity contribution in [3.05, 3.63) is 35.4 Å². The smallest absolute Gasteiger partial charge is 0.310 e. The highest BCUT2D eigenvalue weighted by Crippen LogP contribution is 2.10. The largest absolute Gasteiger partial charge is 0.462 e. The molecular weight excluding hydrogens is 200 g/mol. The number of aryl methyl sites for hydroxylation is 1. The van der Waals surface area contributed by atoms with Crippen LogP contribution in [0.1, 0.15) is 37.8 Å². The van der Waals surface area contributed by atoms with Crippen LogP contribution < -0.4 is 0 Å². The zero-order chi connectivity index (χ0) is 12.0. The molecule has 0 aliphatic heterocycles. The molecule has 0 heterocycles. The molecule has 1 aromatic rings. The van der Waals surface area contributed by atoms with E-state index in [0.717, 1.165) is 24.0 Å². The molecule has 2 heteroatoms. The summed E-state index contributed by atoms with van der Waals surface area (Å²) in [4.78, 5) is 11.6. The number of ether oxygens (including phenoxy) is 1. The van der Waals surface area contributed by atoms with Gasteiger partial charge in [-0.1, -0.05) is 37.6 Å². The number of hydrogen-bond donors (Lipinski definition) is 0. The summed E-state index contributed by atoms with van der Waals surface area (Å²) < 4.78 is 5.31. The molecule has 0 N–H and O–H groups in total. The van der Waals surface area contributed by atoms with E-state index in [1.54, 1.807) is 0 Å². The number of esters is 1. The molecule has 0 aromatic heterocycles. The van der Waals surface area contributed by atoms with Crippen LogP contribution in [0.5, 0.6) is 0 Å². The molecule has 0 amide bonds. The Morgan fingerprint density at radius 1 is 1.38 bits per heavy atom. The van der Waals surface area contributed by atoms with Gasteiger partial charge < -0.3 is 4.74 Å². The van der Waals surface area contributed by atoms with E-state index in [2.05, 4.69) is 6.92 Å². The van der Waals surface area contributed by atoms with Gasteiger partial charge in [-0.15, -0.1) is 0 Å². The lowest BCUT2D eigenvalue weighted by Gasteiger charge is -2.12. The maximum absolute atomic E-state index is 11.6. The van der Waals surface area contributed by atoms with Gasteiger partial charge in [-0.25, -0.2) is 0 Å². The summed E-state index contributed by atoms with van der Waals surface area (Å²) in [5, 5.41) is 0. The van der Waals surface area contributed by atoms with E-state index in [-0.39, 0.29) is 12.1 Å². The van der Waals surface area contributed by atoms with Gasteiger partial charge in [-0.05, 0) is 31.4 Å². The number of carbonyl (C=O) groups excluding carboxylic acids is 1. The quantitative estimate of drug-likeness (QED) is 0.712. The molecule has 0 bridgehead atoms. The van der Waals surface area contributed by atoms with Crippen molar-refractivity contribution in [2.24, 2.45) is 0 Å². The Kier molecular flexibility index (Phi) is 5.03. The molecule has 0 fully saturated rings. The van der Waals surface area contributed by atoms with E-state index < -0.39 is 0 Å². The zero-order valence-electron chi connectivity index (χ0n) is 10.3. The van der Waals surface area contributed by atoms with Crippen LogP contribution in [0, 0.1) is 6.92 Å². The van der Waals surface area contributed by atoms with Gasteiger partial charge in [0.25, 0.3) is 0 Å². The minimum absolute atomic E-state index is 0.0292. The molecule has 0 radical (unpaired) electrons. The van der Waals surface area contributed by atoms with Crippen LogP contribution in [-0.4, -0.2) is 12.1 Å². The van der Waals surface area contributed by atoms with Crippen molar-refractivity contribution in [3.63, 3.8) is 0 Å². The van der Waals surface area contributed by atoms with Gasteiger partial charge in [0.05, 0.1) is 12.5 Å². The van der Waals surface area contributed by atoms with Gasteiger partial charge in [0.15, 0.2) is 0 Å². The molecule has 1 unspecified atom stereocenters. The van der Waals surface area contributed by atoms with E-state index in [4.69, 9.17) is 4.74 Å². The SMILES string of the molecule is CCCC(C)OC(=O)Cc1ccccc1C. The first-order chi connectivity index (χ1) is 7.63. The first kappa shape index (κ1) is 12.8. The van der Waals surface area contributed by atoms with E-state index in [9.17, 15) is 4.79 Å². The normalized spacial score (nSPS) is 12.2. The second-order valence-electron chi connectivity index (χ2n) is 4.19. The highest BCUT2D eigenvalue weighted by Gasteiger charge is 2.10. The minimum atomic E-state index is -0.129. The van der Waals surface area contributed by atoms with Crippen molar-refractivity contribution in [2.45, 2.75) is 46.1 Å². The van der Waals surface area contributed by atoms with Crippen molar-refractivity contribution in [1.82, 2.24) is 0 Å². The summed E-state index contributed by atoms with van der Waals surface area (Å²) in [6.45, 7) is 6.04. The number of carbonyl (C=O) groups is 1. The molecule has 1 atom stereocenters. The van der Waals surface area contributed by atoms with Gasteiger partial charge >= 0.3 is 5.97 Å². The van der Waals surface area contributed by atoms with Crippen LogP contribution in [0.25, 0.3) is 0 Å². The average molecular weight is 220 g/mol. The monoisotopic (exact) mass is 220 g/mol. The Bertz CT molecular complexity index is 344. The molecule has 1 aromatic carbocycles. The van der Waals surface area contributed by atoms with Crippen molar-refractivity contribution in [1.29, 1.82) is 0 Å². The highest BCUT2D eigenvalue weighted by atomic mass is 16.5. The predicted molar refractivity (Wildman–Crippen MR) is 65.3 cm³/mol. The zero-order valence-corrected chi connectivity index (χ0v) is 10.3. The summed E-state index contributed by atoms with van der Waals surface area (Å²) in [6.07, 6.45) is 2.38. The fourth-order valence-corrected chi connectivity index (χ4v) is 1.70. The first-order valence-corrected chi connectivity index (χ1v) is 5.87. The Hall–Kier alpha value is -1.31. The lowest BCUT2D eigenvalue weighted by molar-refractivity contribution is -0.147. The standard InChI is InChI=1S/C14H20O2/c1-4-7-12(3)16-14(15)10-13-9-6-5-8-11(13)2/h5-6,8-9,12H,4,7,10H2,1-3H3. The maximum atomic E-state index is 11.6. The van der Waals surface area contributed by atoms with Crippen LogP contribution in [0.4, 0.5) is 0 Å². The Balaban J connectivity index is 2.49. The van der Waals surface area contributed by atoms with Crippen LogP contribution in [0.2, 0.25) is 0 Å². The van der Waals surface area contributed by atoms with E-state index >= 15 is 0 Å². The average Bonchev–Trinajstić information content (AvgIpc) is 2.21. The minimum Gasteiger partial charge on any atom is -0.462 e. The van der Waals surface area contributed by atoms with Gasteiger partial charge in [-0.3, -0.25) is 4.79 Å². The van der Waals surface area contributed by atoms with E-state index in [1.165, 1.54) is 0 Å². The third kappa shape index (κ3) is 4.05. The molecule has 0 aliphatic carbocycles.